The molecule has 2 aromatic rings. The quantitative estimate of drug-likeness (QED) is 0.704. The summed E-state index contributed by atoms with van der Waals surface area (Å²) in [4.78, 5) is 17.0. The number of amides is 1. The maximum Gasteiger partial charge on any atom is 0.229 e. The van der Waals surface area contributed by atoms with Gasteiger partial charge in [0.05, 0.1) is 35.8 Å². The summed E-state index contributed by atoms with van der Waals surface area (Å²) in [6.07, 6.45) is 0.307. The third kappa shape index (κ3) is 3.78. The molecule has 4 rings (SSSR count). The minimum atomic E-state index is -0.204. The molecular formula is C24H25N3O2S. The number of benzene rings is 2. The monoisotopic (exact) mass is 419 g/mol. The fraction of sp³-hybridized carbons (Fsp3) is 0.333. The van der Waals surface area contributed by atoms with Crippen LogP contribution in [0, 0.1) is 25.2 Å². The van der Waals surface area contributed by atoms with Gasteiger partial charge in [0.15, 0.2) is 0 Å². The summed E-state index contributed by atoms with van der Waals surface area (Å²) >= 11 is 1.57. The van der Waals surface area contributed by atoms with E-state index in [1.165, 1.54) is 11.1 Å². The van der Waals surface area contributed by atoms with E-state index in [2.05, 4.69) is 43.0 Å². The summed E-state index contributed by atoms with van der Waals surface area (Å²) in [5, 5.41) is 10.7. The Morgan fingerprint density at radius 2 is 1.93 bits per heavy atom. The Kier molecular flexibility index (Phi) is 5.74. The Balaban J connectivity index is 1.61. The third-order valence-electron chi connectivity index (χ3n) is 5.74. The molecule has 2 aliphatic heterocycles. The van der Waals surface area contributed by atoms with Crippen molar-refractivity contribution >= 4 is 23.4 Å². The Morgan fingerprint density at radius 3 is 2.60 bits per heavy atom. The summed E-state index contributed by atoms with van der Waals surface area (Å²) in [7, 11) is 0. The van der Waals surface area contributed by atoms with Gasteiger partial charge in [0.1, 0.15) is 5.75 Å². The van der Waals surface area contributed by atoms with E-state index in [0.29, 0.717) is 31.1 Å². The number of carbonyl (C=O) groups excluding carboxylic acids is 1. The lowest BCUT2D eigenvalue weighted by atomic mass is 9.86. The van der Waals surface area contributed by atoms with Crippen molar-refractivity contribution in [3.8, 4) is 11.8 Å². The summed E-state index contributed by atoms with van der Waals surface area (Å²) in [5.41, 5.74) is 5.25. The number of anilines is 1. The molecule has 1 amide bonds. The molecule has 0 aromatic heterocycles. The van der Waals surface area contributed by atoms with Crippen LogP contribution in [-0.2, 0) is 4.79 Å². The SMILES string of the molecule is CCOc1ccc(C2CC(=O)N3CN(c4ccc(C)c(C)c4)CSC3=C2C#N)cc1. The number of nitrogens with zero attached hydrogens (tertiary/aromatic N) is 3. The van der Waals surface area contributed by atoms with E-state index < -0.39 is 0 Å². The van der Waals surface area contributed by atoms with Gasteiger partial charge in [-0.3, -0.25) is 9.69 Å². The van der Waals surface area contributed by atoms with E-state index in [1.54, 1.807) is 16.7 Å². The molecule has 1 fully saturated rings. The van der Waals surface area contributed by atoms with Gasteiger partial charge in [-0.05, 0) is 61.7 Å². The molecule has 2 aliphatic rings. The fourth-order valence-electron chi connectivity index (χ4n) is 3.90. The zero-order valence-corrected chi connectivity index (χ0v) is 18.3. The second-order valence-electron chi connectivity index (χ2n) is 7.63. The van der Waals surface area contributed by atoms with Crippen LogP contribution in [0.4, 0.5) is 5.69 Å². The molecule has 1 saturated heterocycles. The number of ether oxygens (including phenoxy) is 1. The first kappa shape index (κ1) is 20.4. The van der Waals surface area contributed by atoms with Crippen molar-refractivity contribution in [2.75, 3.05) is 24.1 Å². The van der Waals surface area contributed by atoms with Crippen LogP contribution in [0.15, 0.2) is 53.1 Å². The summed E-state index contributed by atoms with van der Waals surface area (Å²) < 4.78 is 5.52. The number of aryl methyl sites for hydroxylation is 2. The Morgan fingerprint density at radius 1 is 1.17 bits per heavy atom. The standard InChI is InChI=1S/C24H25N3O2S/c1-4-29-20-9-6-18(7-10-20)21-12-23(28)27-14-26(15-30-24(27)22(21)13-25)19-8-5-16(2)17(3)11-19/h5-11,21H,4,12,14-15H2,1-3H3. The van der Waals surface area contributed by atoms with Gasteiger partial charge in [0, 0.05) is 18.0 Å². The number of rotatable bonds is 4. The number of fused-ring (bicyclic) bond motifs is 1. The highest BCUT2D eigenvalue weighted by atomic mass is 32.2. The first-order valence-electron chi connectivity index (χ1n) is 10.1. The van der Waals surface area contributed by atoms with Gasteiger partial charge in [-0.1, -0.05) is 30.0 Å². The van der Waals surface area contributed by atoms with Gasteiger partial charge >= 0.3 is 0 Å². The molecule has 5 nitrogen and oxygen atoms in total. The van der Waals surface area contributed by atoms with Crippen molar-refractivity contribution in [2.24, 2.45) is 0 Å². The second kappa shape index (κ2) is 8.45. The minimum Gasteiger partial charge on any atom is -0.494 e. The first-order valence-corrected chi connectivity index (χ1v) is 11.1. The highest BCUT2D eigenvalue weighted by molar-refractivity contribution is 8.03. The van der Waals surface area contributed by atoms with Crippen molar-refractivity contribution < 1.29 is 9.53 Å². The molecule has 30 heavy (non-hydrogen) atoms. The molecule has 154 valence electrons. The second-order valence-corrected chi connectivity index (χ2v) is 8.57. The van der Waals surface area contributed by atoms with Gasteiger partial charge in [-0.2, -0.15) is 5.26 Å². The Bertz CT molecular complexity index is 1040. The topological polar surface area (TPSA) is 56.6 Å². The number of carbonyl (C=O) groups is 1. The molecule has 0 bridgehead atoms. The predicted octanol–water partition coefficient (Wildman–Crippen LogP) is 4.92. The van der Waals surface area contributed by atoms with Crippen molar-refractivity contribution in [1.82, 2.24) is 4.90 Å². The summed E-state index contributed by atoms with van der Waals surface area (Å²) in [6, 6.07) is 16.5. The number of hydrogen-bond acceptors (Lipinski definition) is 5. The fourth-order valence-corrected chi connectivity index (χ4v) is 5.06. The van der Waals surface area contributed by atoms with Gasteiger partial charge in [0.25, 0.3) is 0 Å². The van der Waals surface area contributed by atoms with Crippen LogP contribution in [0.1, 0.15) is 36.0 Å². The molecule has 6 heteroatoms. The number of thioether (sulfide) groups is 1. The van der Waals surface area contributed by atoms with Crippen molar-refractivity contribution in [2.45, 2.75) is 33.1 Å². The van der Waals surface area contributed by atoms with Crippen LogP contribution in [0.2, 0.25) is 0 Å². The molecule has 1 unspecified atom stereocenters. The van der Waals surface area contributed by atoms with E-state index in [0.717, 1.165) is 22.0 Å². The average molecular weight is 420 g/mol. The van der Waals surface area contributed by atoms with E-state index in [4.69, 9.17) is 4.74 Å². The smallest absolute Gasteiger partial charge is 0.229 e. The summed E-state index contributed by atoms with van der Waals surface area (Å²) in [5.74, 6) is 1.37. The van der Waals surface area contributed by atoms with Crippen LogP contribution >= 0.6 is 11.8 Å². The molecule has 0 aliphatic carbocycles. The molecular weight excluding hydrogens is 394 g/mol. The van der Waals surface area contributed by atoms with Crippen LogP contribution in [-0.4, -0.2) is 30.0 Å². The van der Waals surface area contributed by atoms with Crippen LogP contribution < -0.4 is 9.64 Å². The van der Waals surface area contributed by atoms with Crippen molar-refractivity contribution in [3.05, 3.63) is 69.8 Å². The van der Waals surface area contributed by atoms with E-state index in [1.807, 2.05) is 31.2 Å². The first-order chi connectivity index (χ1) is 14.5. The number of nitriles is 1. The third-order valence-corrected chi connectivity index (χ3v) is 6.90. The Hall–Kier alpha value is -2.91. The number of allylic oxidation sites excluding steroid dienone is 1. The molecule has 2 heterocycles. The van der Waals surface area contributed by atoms with Crippen LogP contribution in [0.5, 0.6) is 5.75 Å². The normalized spacial score (nSPS) is 18.9. The van der Waals surface area contributed by atoms with Crippen LogP contribution in [0.3, 0.4) is 0 Å². The molecule has 0 radical (unpaired) electrons. The highest BCUT2D eigenvalue weighted by Gasteiger charge is 2.38. The van der Waals surface area contributed by atoms with E-state index >= 15 is 0 Å². The predicted molar refractivity (Wildman–Crippen MR) is 120 cm³/mol. The molecule has 2 aromatic carbocycles. The lowest BCUT2D eigenvalue weighted by Crippen LogP contribution is -2.47. The van der Waals surface area contributed by atoms with Crippen molar-refractivity contribution in [3.63, 3.8) is 0 Å². The number of hydrogen-bond donors (Lipinski definition) is 0. The van der Waals surface area contributed by atoms with E-state index in [-0.39, 0.29) is 11.8 Å². The summed E-state index contributed by atoms with van der Waals surface area (Å²) in [6.45, 7) is 7.23. The van der Waals surface area contributed by atoms with Gasteiger partial charge in [0.2, 0.25) is 5.91 Å². The largest absolute Gasteiger partial charge is 0.494 e. The maximum atomic E-state index is 13.1. The molecule has 0 N–H and O–H groups in total. The van der Waals surface area contributed by atoms with Gasteiger partial charge in [-0.15, -0.1) is 0 Å². The Labute approximate surface area is 181 Å². The van der Waals surface area contributed by atoms with Gasteiger partial charge < -0.3 is 9.64 Å². The molecule has 0 saturated carbocycles. The lowest BCUT2D eigenvalue weighted by Gasteiger charge is -2.42. The zero-order valence-electron chi connectivity index (χ0n) is 17.5. The van der Waals surface area contributed by atoms with Crippen molar-refractivity contribution in [1.29, 1.82) is 5.26 Å². The zero-order chi connectivity index (χ0) is 21.3. The lowest BCUT2D eigenvalue weighted by molar-refractivity contribution is -0.129. The average Bonchev–Trinajstić information content (AvgIpc) is 2.76. The minimum absolute atomic E-state index is 0.0592. The molecule has 0 spiro atoms. The van der Waals surface area contributed by atoms with Crippen LogP contribution in [0.25, 0.3) is 0 Å². The molecule has 1 atom stereocenters. The highest BCUT2D eigenvalue weighted by Crippen LogP contribution is 2.43. The van der Waals surface area contributed by atoms with Gasteiger partial charge in [-0.25, -0.2) is 0 Å². The van der Waals surface area contributed by atoms with E-state index in [9.17, 15) is 10.1 Å². The maximum absolute atomic E-state index is 13.1.